The molecular weight excluding hydrogens is 215 g/mol. The number of carbonyl (C=O) groups excluding carboxylic acids is 1. The summed E-state index contributed by atoms with van der Waals surface area (Å²) in [5.41, 5.74) is 0.369. The molecule has 1 aliphatic heterocycles. The van der Waals surface area contributed by atoms with E-state index < -0.39 is 17.8 Å². The van der Waals surface area contributed by atoms with Gasteiger partial charge in [0, 0.05) is 5.57 Å². The zero-order chi connectivity index (χ0) is 11.7. The maximum absolute atomic E-state index is 12.7. The summed E-state index contributed by atoms with van der Waals surface area (Å²) in [5.74, 6) is -2.61. The first-order chi connectivity index (χ1) is 7.59. The lowest BCUT2D eigenvalue weighted by molar-refractivity contribution is -0.141. The highest BCUT2D eigenvalue weighted by Gasteiger charge is 2.31. The van der Waals surface area contributed by atoms with E-state index >= 15 is 0 Å². The number of carboxylic acids is 1. The van der Waals surface area contributed by atoms with Crippen molar-refractivity contribution in [2.45, 2.75) is 0 Å². The standard InChI is InChI=1S/C11H7FO4/c12-7-3-1-6(2-4-7)8-5-16-11(15)9(8)10(13)14/h1-4H,5H2,(H,13,14). The Bertz CT molecular complexity index is 487. The fourth-order valence-corrected chi connectivity index (χ4v) is 1.50. The second kappa shape index (κ2) is 3.77. The Morgan fingerprint density at radius 3 is 2.50 bits per heavy atom. The van der Waals surface area contributed by atoms with Crippen LogP contribution >= 0.6 is 0 Å². The minimum atomic E-state index is -1.33. The molecule has 0 bridgehead atoms. The minimum Gasteiger partial charge on any atom is -0.477 e. The molecule has 1 heterocycles. The van der Waals surface area contributed by atoms with Crippen molar-refractivity contribution in [3.8, 4) is 0 Å². The van der Waals surface area contributed by atoms with E-state index in [9.17, 15) is 14.0 Å². The number of carbonyl (C=O) groups is 2. The maximum Gasteiger partial charge on any atom is 0.346 e. The number of halogens is 1. The zero-order valence-corrected chi connectivity index (χ0v) is 8.07. The molecule has 0 aliphatic carbocycles. The number of cyclic esters (lactones) is 1. The fourth-order valence-electron chi connectivity index (χ4n) is 1.50. The van der Waals surface area contributed by atoms with E-state index in [-0.39, 0.29) is 17.8 Å². The van der Waals surface area contributed by atoms with Crippen LogP contribution in [0, 0.1) is 5.82 Å². The largest absolute Gasteiger partial charge is 0.477 e. The molecule has 0 radical (unpaired) electrons. The fraction of sp³-hybridized carbons (Fsp3) is 0.0909. The van der Waals surface area contributed by atoms with Gasteiger partial charge in [0.2, 0.25) is 0 Å². The van der Waals surface area contributed by atoms with Gasteiger partial charge in [0.25, 0.3) is 0 Å². The van der Waals surface area contributed by atoms with Gasteiger partial charge in [-0.05, 0) is 17.7 Å². The lowest BCUT2D eigenvalue weighted by Crippen LogP contribution is -2.09. The summed E-state index contributed by atoms with van der Waals surface area (Å²) in [7, 11) is 0. The first kappa shape index (κ1) is 10.4. The smallest absolute Gasteiger partial charge is 0.346 e. The third kappa shape index (κ3) is 1.67. The SMILES string of the molecule is O=C(O)C1=C(c2ccc(F)cc2)COC1=O. The molecule has 16 heavy (non-hydrogen) atoms. The van der Waals surface area contributed by atoms with E-state index in [0.717, 1.165) is 0 Å². The third-order valence-electron chi connectivity index (χ3n) is 2.26. The number of esters is 1. The quantitative estimate of drug-likeness (QED) is 0.603. The Labute approximate surface area is 90.0 Å². The van der Waals surface area contributed by atoms with Gasteiger partial charge in [0.1, 0.15) is 12.4 Å². The number of hydrogen-bond donors (Lipinski definition) is 1. The molecule has 1 N–H and O–H groups in total. The number of aliphatic carboxylic acids is 1. The molecule has 4 nitrogen and oxygen atoms in total. The summed E-state index contributed by atoms with van der Waals surface area (Å²) in [5, 5.41) is 8.84. The molecule has 0 spiro atoms. The Morgan fingerprint density at radius 1 is 1.31 bits per heavy atom. The number of carboxylic acid groups (broad SMARTS) is 1. The van der Waals surface area contributed by atoms with Crippen LogP contribution in [0.3, 0.4) is 0 Å². The molecule has 0 atom stereocenters. The van der Waals surface area contributed by atoms with Gasteiger partial charge in [-0.2, -0.15) is 0 Å². The normalized spacial score (nSPS) is 15.2. The summed E-state index contributed by atoms with van der Waals surface area (Å²) < 4.78 is 17.3. The molecule has 1 aromatic rings. The zero-order valence-electron chi connectivity index (χ0n) is 8.07. The molecule has 0 unspecified atom stereocenters. The molecule has 1 aliphatic rings. The Morgan fingerprint density at radius 2 is 1.94 bits per heavy atom. The average molecular weight is 222 g/mol. The Balaban J connectivity index is 2.50. The van der Waals surface area contributed by atoms with Gasteiger partial charge in [-0.3, -0.25) is 0 Å². The molecule has 1 aromatic carbocycles. The average Bonchev–Trinajstić information content (AvgIpc) is 2.61. The van der Waals surface area contributed by atoms with Gasteiger partial charge < -0.3 is 9.84 Å². The van der Waals surface area contributed by atoms with Crippen molar-refractivity contribution in [2.24, 2.45) is 0 Å². The van der Waals surface area contributed by atoms with Crippen LogP contribution in [0.1, 0.15) is 5.56 Å². The van der Waals surface area contributed by atoms with Crippen LogP contribution in [0.25, 0.3) is 5.57 Å². The van der Waals surface area contributed by atoms with E-state index in [4.69, 9.17) is 5.11 Å². The first-order valence-corrected chi connectivity index (χ1v) is 4.49. The summed E-state index contributed by atoms with van der Waals surface area (Å²) >= 11 is 0. The van der Waals surface area contributed by atoms with Crippen LogP contribution in [0.2, 0.25) is 0 Å². The van der Waals surface area contributed by atoms with Crippen LogP contribution in [-0.4, -0.2) is 23.7 Å². The lowest BCUT2D eigenvalue weighted by Gasteiger charge is -2.00. The minimum absolute atomic E-state index is 0.0912. The number of hydrogen-bond acceptors (Lipinski definition) is 3. The molecular formula is C11H7FO4. The molecule has 0 saturated heterocycles. The number of benzene rings is 1. The van der Waals surface area contributed by atoms with E-state index in [1.165, 1.54) is 24.3 Å². The van der Waals surface area contributed by atoms with Crippen molar-refractivity contribution in [3.05, 3.63) is 41.2 Å². The molecule has 82 valence electrons. The van der Waals surface area contributed by atoms with Gasteiger partial charge in [-0.1, -0.05) is 12.1 Å². The van der Waals surface area contributed by atoms with Gasteiger partial charge >= 0.3 is 11.9 Å². The lowest BCUT2D eigenvalue weighted by atomic mass is 10.0. The molecule has 0 aromatic heterocycles. The van der Waals surface area contributed by atoms with Crippen LogP contribution in [0.4, 0.5) is 4.39 Å². The highest BCUT2D eigenvalue weighted by atomic mass is 19.1. The summed E-state index contributed by atoms with van der Waals surface area (Å²) in [6, 6.07) is 5.22. The Kier molecular flexibility index (Phi) is 2.44. The first-order valence-electron chi connectivity index (χ1n) is 4.49. The van der Waals surface area contributed by atoms with Crippen molar-refractivity contribution in [3.63, 3.8) is 0 Å². The second-order valence-corrected chi connectivity index (χ2v) is 3.24. The van der Waals surface area contributed by atoms with Crippen molar-refractivity contribution < 1.29 is 23.8 Å². The third-order valence-corrected chi connectivity index (χ3v) is 2.26. The van der Waals surface area contributed by atoms with Gasteiger partial charge in [-0.15, -0.1) is 0 Å². The summed E-state index contributed by atoms with van der Waals surface area (Å²) in [6.45, 7) is -0.0912. The van der Waals surface area contributed by atoms with Crippen molar-refractivity contribution in [1.29, 1.82) is 0 Å². The number of rotatable bonds is 2. The maximum atomic E-state index is 12.7. The molecule has 0 fully saturated rings. The van der Waals surface area contributed by atoms with E-state index in [2.05, 4.69) is 4.74 Å². The molecule has 0 amide bonds. The van der Waals surface area contributed by atoms with Crippen LogP contribution in [0.15, 0.2) is 29.8 Å². The van der Waals surface area contributed by atoms with E-state index in [1.54, 1.807) is 0 Å². The van der Waals surface area contributed by atoms with Crippen LogP contribution < -0.4 is 0 Å². The van der Waals surface area contributed by atoms with Gasteiger partial charge in [0.15, 0.2) is 5.57 Å². The van der Waals surface area contributed by atoms with E-state index in [1.807, 2.05) is 0 Å². The van der Waals surface area contributed by atoms with Crippen molar-refractivity contribution >= 4 is 17.5 Å². The number of ether oxygens (including phenoxy) is 1. The van der Waals surface area contributed by atoms with Crippen LogP contribution in [0.5, 0.6) is 0 Å². The van der Waals surface area contributed by atoms with Crippen molar-refractivity contribution in [1.82, 2.24) is 0 Å². The highest BCUT2D eigenvalue weighted by molar-refractivity contribution is 6.21. The second-order valence-electron chi connectivity index (χ2n) is 3.24. The monoisotopic (exact) mass is 222 g/mol. The Hall–Kier alpha value is -2.17. The van der Waals surface area contributed by atoms with Crippen molar-refractivity contribution in [2.75, 3.05) is 6.61 Å². The predicted octanol–water partition coefficient (Wildman–Crippen LogP) is 1.22. The summed E-state index contributed by atoms with van der Waals surface area (Å²) in [6.07, 6.45) is 0. The summed E-state index contributed by atoms with van der Waals surface area (Å²) in [4.78, 5) is 22.0. The van der Waals surface area contributed by atoms with Gasteiger partial charge in [-0.25, -0.2) is 14.0 Å². The predicted molar refractivity (Wildman–Crippen MR) is 51.9 cm³/mol. The molecule has 0 saturated carbocycles. The highest BCUT2D eigenvalue weighted by Crippen LogP contribution is 2.26. The van der Waals surface area contributed by atoms with E-state index in [0.29, 0.717) is 5.56 Å². The van der Waals surface area contributed by atoms with Gasteiger partial charge in [0.05, 0.1) is 0 Å². The molecule has 5 heteroatoms. The topological polar surface area (TPSA) is 63.6 Å². The molecule has 2 rings (SSSR count). The van der Waals surface area contributed by atoms with Crippen LogP contribution in [-0.2, 0) is 14.3 Å².